The summed E-state index contributed by atoms with van der Waals surface area (Å²) < 4.78 is 3.10. The van der Waals surface area contributed by atoms with Crippen LogP contribution < -0.4 is 21.5 Å². The predicted octanol–water partition coefficient (Wildman–Crippen LogP) is 0.965. The molecule has 4 aromatic rings. The number of para-hydroxylation sites is 1. The van der Waals surface area contributed by atoms with Gasteiger partial charge < -0.3 is 21.1 Å². The molecule has 0 saturated carbocycles. The van der Waals surface area contributed by atoms with Gasteiger partial charge in [-0.25, -0.2) is 9.50 Å². The summed E-state index contributed by atoms with van der Waals surface area (Å²) in [7, 11) is 0. The Morgan fingerprint density at radius 3 is 2.69 bits per heavy atom. The number of aromatic nitrogens is 5. The summed E-state index contributed by atoms with van der Waals surface area (Å²) in [4.78, 5) is 37.2. The van der Waals surface area contributed by atoms with E-state index in [0.29, 0.717) is 52.8 Å². The van der Waals surface area contributed by atoms with Gasteiger partial charge in [-0.2, -0.15) is 10.1 Å². The molecule has 2 atom stereocenters. The first-order chi connectivity index (χ1) is 16.8. The minimum absolute atomic E-state index is 0.0611. The minimum Gasteiger partial charge on any atom is -0.392 e. The topological polar surface area (TPSA) is 144 Å². The number of aliphatic hydroxyl groups is 1. The van der Waals surface area contributed by atoms with Crippen molar-refractivity contribution in [2.75, 3.05) is 17.2 Å². The molecule has 2 aliphatic rings. The third-order valence-corrected chi connectivity index (χ3v) is 7.27. The second-order valence-corrected chi connectivity index (χ2v) is 9.16. The van der Waals surface area contributed by atoms with Gasteiger partial charge >= 0.3 is 0 Å². The fraction of sp³-hybridized carbons (Fsp3) is 0.292. The number of nitrogens with zero attached hydrogens (tertiary/aromatic N) is 6. The zero-order valence-electron chi connectivity index (χ0n) is 19.3. The number of fused-ring (bicyclic) bond motifs is 2. The van der Waals surface area contributed by atoms with Crippen LogP contribution in [-0.4, -0.2) is 41.7 Å². The van der Waals surface area contributed by atoms with Crippen molar-refractivity contribution in [2.45, 2.75) is 32.5 Å². The summed E-state index contributed by atoms with van der Waals surface area (Å²) in [5.74, 6) is 0.814. The van der Waals surface area contributed by atoms with Gasteiger partial charge in [0.2, 0.25) is 5.95 Å². The van der Waals surface area contributed by atoms with Crippen molar-refractivity contribution in [3.63, 3.8) is 0 Å². The number of hydrogen-bond acceptors (Lipinski definition) is 8. The van der Waals surface area contributed by atoms with Gasteiger partial charge in [-0.3, -0.25) is 14.2 Å². The molecule has 0 spiro atoms. The van der Waals surface area contributed by atoms with Crippen molar-refractivity contribution in [3.05, 3.63) is 75.6 Å². The fourth-order valence-corrected chi connectivity index (χ4v) is 5.16. The largest absolute Gasteiger partial charge is 0.392 e. The number of hydrogen-bond donors (Lipinski definition) is 3. The molecule has 1 aromatic carbocycles. The summed E-state index contributed by atoms with van der Waals surface area (Å²) in [5.41, 5.74) is 7.33. The molecule has 5 heterocycles. The average Bonchev–Trinajstić information content (AvgIpc) is 3.45. The Balaban J connectivity index is 1.63. The van der Waals surface area contributed by atoms with E-state index < -0.39 is 5.54 Å². The molecule has 4 N–H and O–H groups in total. The number of benzene rings is 1. The monoisotopic (exact) mass is 472 g/mol. The highest BCUT2D eigenvalue weighted by atomic mass is 16.3. The Morgan fingerprint density at radius 2 is 1.97 bits per heavy atom. The van der Waals surface area contributed by atoms with E-state index in [1.54, 1.807) is 16.8 Å². The SMILES string of the molecule is C[C@H]1CN(c2nc(N)nc3c2C(=O)NC3)C1(C)c1nn2ccc(CO)c2c(=O)n1-c1ccccc1. The first-order valence-electron chi connectivity index (χ1n) is 11.4. The zero-order chi connectivity index (χ0) is 24.5. The van der Waals surface area contributed by atoms with Crippen molar-refractivity contribution in [1.29, 1.82) is 0 Å². The molecule has 1 amide bonds. The maximum atomic E-state index is 13.9. The number of nitrogen functional groups attached to an aromatic ring is 1. The quantitative estimate of drug-likeness (QED) is 0.399. The van der Waals surface area contributed by atoms with Gasteiger partial charge in [0.15, 0.2) is 5.82 Å². The van der Waals surface area contributed by atoms with Crippen LogP contribution >= 0.6 is 0 Å². The highest BCUT2D eigenvalue weighted by molar-refractivity contribution is 6.02. The molecule has 11 nitrogen and oxygen atoms in total. The van der Waals surface area contributed by atoms with Crippen LogP contribution in [0, 0.1) is 5.92 Å². The zero-order valence-corrected chi connectivity index (χ0v) is 19.3. The molecular weight excluding hydrogens is 448 g/mol. The number of aliphatic hydroxyl groups excluding tert-OH is 1. The summed E-state index contributed by atoms with van der Waals surface area (Å²) in [5, 5.41) is 17.5. The van der Waals surface area contributed by atoms with E-state index in [1.807, 2.05) is 42.2 Å². The van der Waals surface area contributed by atoms with Gasteiger partial charge in [0, 0.05) is 24.2 Å². The van der Waals surface area contributed by atoms with E-state index in [-0.39, 0.29) is 29.9 Å². The van der Waals surface area contributed by atoms with E-state index in [9.17, 15) is 14.7 Å². The summed E-state index contributed by atoms with van der Waals surface area (Å²) in [6.45, 7) is 4.66. The molecule has 0 aliphatic carbocycles. The Labute approximate surface area is 199 Å². The molecule has 1 saturated heterocycles. The lowest BCUT2D eigenvalue weighted by molar-refractivity contribution is 0.0964. The Kier molecular flexibility index (Phi) is 4.49. The number of nitrogens with one attached hydrogen (secondary N) is 1. The van der Waals surface area contributed by atoms with E-state index in [4.69, 9.17) is 10.8 Å². The van der Waals surface area contributed by atoms with Gasteiger partial charge in [-0.15, -0.1) is 0 Å². The molecule has 2 aliphatic heterocycles. The van der Waals surface area contributed by atoms with Crippen molar-refractivity contribution < 1.29 is 9.90 Å². The number of amides is 1. The maximum absolute atomic E-state index is 13.9. The number of anilines is 2. The number of nitrogens with two attached hydrogens (primary N) is 1. The summed E-state index contributed by atoms with van der Waals surface area (Å²) >= 11 is 0. The van der Waals surface area contributed by atoms with Gasteiger partial charge in [0.05, 0.1) is 24.5 Å². The Morgan fingerprint density at radius 1 is 1.20 bits per heavy atom. The molecule has 11 heteroatoms. The molecule has 35 heavy (non-hydrogen) atoms. The Bertz CT molecular complexity index is 1560. The number of carbonyl (C=O) groups is 1. The van der Waals surface area contributed by atoms with E-state index in [1.165, 1.54) is 4.52 Å². The van der Waals surface area contributed by atoms with Crippen molar-refractivity contribution in [1.82, 2.24) is 29.5 Å². The predicted molar refractivity (Wildman–Crippen MR) is 128 cm³/mol. The molecule has 1 fully saturated rings. The van der Waals surface area contributed by atoms with E-state index in [0.717, 1.165) is 0 Å². The summed E-state index contributed by atoms with van der Waals surface area (Å²) in [6, 6.07) is 11.0. The highest BCUT2D eigenvalue weighted by Gasteiger charge is 2.54. The number of carbonyl (C=O) groups excluding carboxylic acids is 1. The highest BCUT2D eigenvalue weighted by Crippen LogP contribution is 2.48. The van der Waals surface area contributed by atoms with E-state index >= 15 is 0 Å². The first kappa shape index (κ1) is 21.3. The van der Waals surface area contributed by atoms with Gasteiger partial charge in [-0.05, 0) is 25.1 Å². The first-order valence-corrected chi connectivity index (χ1v) is 11.4. The summed E-state index contributed by atoms with van der Waals surface area (Å²) in [6.07, 6.45) is 1.67. The Hall–Kier alpha value is -4.25. The third-order valence-electron chi connectivity index (χ3n) is 7.27. The molecule has 178 valence electrons. The van der Waals surface area contributed by atoms with Gasteiger partial charge in [-0.1, -0.05) is 25.1 Å². The van der Waals surface area contributed by atoms with E-state index in [2.05, 4.69) is 22.2 Å². The smallest absolute Gasteiger partial charge is 0.282 e. The molecule has 3 aromatic heterocycles. The van der Waals surface area contributed by atoms with Crippen LogP contribution in [0.25, 0.3) is 11.2 Å². The minimum atomic E-state index is -0.801. The number of rotatable bonds is 4. The molecule has 0 bridgehead atoms. The lowest BCUT2D eigenvalue weighted by Gasteiger charge is -2.56. The molecule has 6 rings (SSSR count). The normalized spacial score (nSPS) is 21.2. The van der Waals surface area contributed by atoms with Crippen LogP contribution in [0.3, 0.4) is 0 Å². The second kappa shape index (κ2) is 7.37. The van der Waals surface area contributed by atoms with Crippen LogP contribution in [0.5, 0.6) is 0 Å². The van der Waals surface area contributed by atoms with Crippen LogP contribution in [0.1, 0.15) is 41.3 Å². The van der Waals surface area contributed by atoms with Crippen molar-refractivity contribution in [3.8, 4) is 5.69 Å². The van der Waals surface area contributed by atoms with Gasteiger partial charge in [0.1, 0.15) is 22.4 Å². The average molecular weight is 473 g/mol. The maximum Gasteiger partial charge on any atom is 0.282 e. The van der Waals surface area contributed by atoms with Crippen molar-refractivity contribution >= 4 is 23.2 Å². The third kappa shape index (κ3) is 2.84. The van der Waals surface area contributed by atoms with Gasteiger partial charge in [0.25, 0.3) is 11.5 Å². The second-order valence-electron chi connectivity index (χ2n) is 9.16. The lowest BCUT2D eigenvalue weighted by atomic mass is 9.75. The lowest BCUT2D eigenvalue weighted by Crippen LogP contribution is -2.65. The van der Waals surface area contributed by atoms with Crippen LogP contribution in [-0.2, 0) is 18.7 Å². The van der Waals surface area contributed by atoms with Crippen LogP contribution in [0.2, 0.25) is 0 Å². The molecular formula is C24H24N8O3. The molecule has 0 radical (unpaired) electrons. The van der Waals surface area contributed by atoms with Crippen LogP contribution in [0.4, 0.5) is 11.8 Å². The molecule has 1 unspecified atom stereocenters. The fourth-order valence-electron chi connectivity index (χ4n) is 5.16. The van der Waals surface area contributed by atoms with Crippen molar-refractivity contribution in [2.24, 2.45) is 5.92 Å². The standard InChI is InChI=1S/C24H24N8O3/c1-13-11-30(19-17-16(10-26-20(17)34)27-23(25)28-19)24(13,2)22-29-31-9-8-14(12-33)18(31)21(35)32(22)15-6-4-3-5-7-15/h3-9,13,33H,10-12H2,1-2H3,(H,26,34)(H2,25,27,28)/t13-,24?/m0/s1. The van der Waals surface area contributed by atoms with Crippen LogP contribution in [0.15, 0.2) is 47.4 Å².